The van der Waals surface area contributed by atoms with Crippen molar-refractivity contribution in [2.75, 3.05) is 35.5 Å². The van der Waals surface area contributed by atoms with Gasteiger partial charge in [-0.1, -0.05) is 0 Å². The summed E-state index contributed by atoms with van der Waals surface area (Å²) in [6, 6.07) is 8.57. The molecule has 138 valence electrons. The fourth-order valence-corrected chi connectivity index (χ4v) is 2.51. The van der Waals surface area contributed by atoms with Gasteiger partial charge in [0.25, 0.3) is 0 Å². The summed E-state index contributed by atoms with van der Waals surface area (Å²) in [4.78, 5) is 12.6. The molecule has 0 saturated heterocycles. The molecule has 0 heterocycles. The van der Waals surface area contributed by atoms with Gasteiger partial charge in [-0.05, 0) is 36.4 Å². The number of allylic oxidation sites excluding steroid dienone is 1. The molecule has 0 bridgehead atoms. The number of rotatable bonds is 8. The summed E-state index contributed by atoms with van der Waals surface area (Å²) in [7, 11) is 7.67. The second-order valence-corrected chi connectivity index (χ2v) is 5.19. The van der Waals surface area contributed by atoms with Crippen LogP contribution < -0.4 is 23.7 Å². The van der Waals surface area contributed by atoms with E-state index in [1.165, 1.54) is 27.4 Å². The Morgan fingerprint density at radius 3 is 2.04 bits per heavy atom. The zero-order valence-corrected chi connectivity index (χ0v) is 15.5. The van der Waals surface area contributed by atoms with Crippen molar-refractivity contribution in [2.45, 2.75) is 0 Å². The summed E-state index contributed by atoms with van der Waals surface area (Å²) in [6.07, 6.45) is 3.11. The van der Waals surface area contributed by atoms with Gasteiger partial charge >= 0.3 is 0 Å². The van der Waals surface area contributed by atoms with Crippen LogP contribution in [0.2, 0.25) is 0 Å². The van der Waals surface area contributed by atoms with Crippen LogP contribution in [0.3, 0.4) is 0 Å². The largest absolute Gasteiger partial charge is 0.497 e. The van der Waals surface area contributed by atoms with E-state index in [4.69, 9.17) is 23.7 Å². The molecule has 0 saturated carbocycles. The van der Waals surface area contributed by atoms with E-state index in [0.29, 0.717) is 39.9 Å². The minimum atomic E-state index is -0.207. The van der Waals surface area contributed by atoms with Crippen molar-refractivity contribution >= 4 is 11.9 Å². The summed E-state index contributed by atoms with van der Waals surface area (Å²) < 4.78 is 26.4. The summed E-state index contributed by atoms with van der Waals surface area (Å²) in [5.41, 5.74) is 1.12. The van der Waals surface area contributed by atoms with Gasteiger partial charge in [0.1, 0.15) is 11.5 Å². The Balaban J connectivity index is 2.37. The molecule has 0 unspecified atom stereocenters. The second-order valence-electron chi connectivity index (χ2n) is 5.19. The molecule has 0 amide bonds. The zero-order valence-electron chi connectivity index (χ0n) is 15.5. The average molecular weight is 358 g/mol. The summed E-state index contributed by atoms with van der Waals surface area (Å²) in [6.45, 7) is 0. The van der Waals surface area contributed by atoms with Gasteiger partial charge in [-0.25, -0.2) is 0 Å². The topological polar surface area (TPSA) is 63.2 Å². The SMILES string of the molecule is COc1ccc(C(=O)C=Cc2ccc(OC)c(OC)c2OC)c(OC)c1. The van der Waals surface area contributed by atoms with Gasteiger partial charge in [0.15, 0.2) is 17.3 Å². The van der Waals surface area contributed by atoms with E-state index in [9.17, 15) is 4.79 Å². The van der Waals surface area contributed by atoms with E-state index in [2.05, 4.69) is 0 Å². The Morgan fingerprint density at radius 1 is 0.769 bits per heavy atom. The maximum Gasteiger partial charge on any atom is 0.203 e. The molecule has 2 rings (SSSR count). The molecule has 0 aliphatic rings. The number of hydrogen-bond acceptors (Lipinski definition) is 6. The third-order valence-corrected chi connectivity index (χ3v) is 3.82. The predicted molar refractivity (Wildman–Crippen MR) is 99.0 cm³/mol. The van der Waals surface area contributed by atoms with Crippen LogP contribution in [0.4, 0.5) is 0 Å². The van der Waals surface area contributed by atoms with Crippen LogP contribution in [-0.4, -0.2) is 41.3 Å². The van der Waals surface area contributed by atoms with E-state index in [1.54, 1.807) is 50.6 Å². The fraction of sp³-hybridized carbons (Fsp3) is 0.250. The van der Waals surface area contributed by atoms with Crippen molar-refractivity contribution in [3.63, 3.8) is 0 Å². The van der Waals surface area contributed by atoms with Gasteiger partial charge in [0, 0.05) is 11.6 Å². The van der Waals surface area contributed by atoms with E-state index < -0.39 is 0 Å². The number of carbonyl (C=O) groups excluding carboxylic acids is 1. The number of ether oxygens (including phenoxy) is 5. The highest BCUT2D eigenvalue weighted by atomic mass is 16.5. The molecule has 0 atom stereocenters. The lowest BCUT2D eigenvalue weighted by molar-refractivity contribution is 0.104. The van der Waals surface area contributed by atoms with Crippen LogP contribution in [0.5, 0.6) is 28.7 Å². The fourth-order valence-electron chi connectivity index (χ4n) is 2.51. The Hall–Kier alpha value is -3.15. The monoisotopic (exact) mass is 358 g/mol. The second kappa shape index (κ2) is 8.80. The van der Waals surface area contributed by atoms with Crippen molar-refractivity contribution in [1.82, 2.24) is 0 Å². The van der Waals surface area contributed by atoms with Crippen LogP contribution in [0.25, 0.3) is 6.08 Å². The smallest absolute Gasteiger partial charge is 0.203 e. The highest BCUT2D eigenvalue weighted by Crippen LogP contribution is 2.40. The first-order valence-electron chi connectivity index (χ1n) is 7.83. The molecule has 2 aromatic rings. The van der Waals surface area contributed by atoms with E-state index >= 15 is 0 Å². The first-order chi connectivity index (χ1) is 12.6. The molecule has 0 radical (unpaired) electrons. The van der Waals surface area contributed by atoms with Crippen molar-refractivity contribution in [1.29, 1.82) is 0 Å². The van der Waals surface area contributed by atoms with Crippen LogP contribution in [0.1, 0.15) is 15.9 Å². The zero-order chi connectivity index (χ0) is 19.1. The normalized spacial score (nSPS) is 10.5. The molecule has 0 aliphatic heterocycles. The Kier molecular flexibility index (Phi) is 6.49. The Labute approximate surface area is 152 Å². The van der Waals surface area contributed by atoms with Gasteiger partial charge in [0.05, 0.1) is 41.1 Å². The minimum absolute atomic E-state index is 0.207. The molecular formula is C20H22O6. The quantitative estimate of drug-likeness (QED) is 0.530. The van der Waals surface area contributed by atoms with Gasteiger partial charge < -0.3 is 23.7 Å². The summed E-state index contributed by atoms with van der Waals surface area (Å²) in [5.74, 6) is 2.34. The number of carbonyl (C=O) groups is 1. The Morgan fingerprint density at radius 2 is 1.46 bits per heavy atom. The average Bonchev–Trinajstić information content (AvgIpc) is 2.70. The molecule has 0 fully saturated rings. The maximum absolute atomic E-state index is 12.6. The molecule has 0 aromatic heterocycles. The minimum Gasteiger partial charge on any atom is -0.497 e. The lowest BCUT2D eigenvalue weighted by Crippen LogP contribution is -2.00. The van der Waals surface area contributed by atoms with Crippen molar-refractivity contribution in [3.05, 3.63) is 47.5 Å². The molecule has 0 spiro atoms. The van der Waals surface area contributed by atoms with E-state index in [1.807, 2.05) is 0 Å². The van der Waals surface area contributed by atoms with Gasteiger partial charge in [-0.3, -0.25) is 4.79 Å². The summed E-state index contributed by atoms with van der Waals surface area (Å²) >= 11 is 0. The van der Waals surface area contributed by atoms with Crippen LogP contribution in [0, 0.1) is 0 Å². The van der Waals surface area contributed by atoms with Crippen LogP contribution in [0.15, 0.2) is 36.4 Å². The van der Waals surface area contributed by atoms with Crippen molar-refractivity contribution < 1.29 is 28.5 Å². The Bertz CT molecular complexity index is 810. The molecule has 0 N–H and O–H groups in total. The van der Waals surface area contributed by atoms with Crippen LogP contribution >= 0.6 is 0 Å². The number of ketones is 1. The molecule has 0 aliphatic carbocycles. The first kappa shape index (κ1) is 19.2. The van der Waals surface area contributed by atoms with E-state index in [-0.39, 0.29) is 5.78 Å². The predicted octanol–water partition coefficient (Wildman–Crippen LogP) is 3.63. The highest BCUT2D eigenvalue weighted by molar-refractivity contribution is 6.09. The molecule has 6 nitrogen and oxygen atoms in total. The van der Waals surface area contributed by atoms with Crippen LogP contribution in [-0.2, 0) is 0 Å². The van der Waals surface area contributed by atoms with Gasteiger partial charge in [-0.15, -0.1) is 0 Å². The number of hydrogen-bond donors (Lipinski definition) is 0. The third-order valence-electron chi connectivity index (χ3n) is 3.82. The van der Waals surface area contributed by atoms with Gasteiger partial charge in [0.2, 0.25) is 5.75 Å². The standard InChI is InChI=1S/C20H22O6/c1-22-14-8-9-15(18(12-14)24-3)16(21)10-6-13-7-11-17(23-2)20(26-5)19(13)25-4/h6-12H,1-5H3. The van der Waals surface area contributed by atoms with Crippen molar-refractivity contribution in [2.24, 2.45) is 0 Å². The first-order valence-corrected chi connectivity index (χ1v) is 7.83. The lowest BCUT2D eigenvalue weighted by Gasteiger charge is -2.14. The lowest BCUT2D eigenvalue weighted by atomic mass is 10.1. The highest BCUT2D eigenvalue weighted by Gasteiger charge is 2.15. The maximum atomic E-state index is 12.6. The molecule has 2 aromatic carbocycles. The molecule has 6 heteroatoms. The third kappa shape index (κ3) is 3.91. The van der Waals surface area contributed by atoms with Crippen molar-refractivity contribution in [3.8, 4) is 28.7 Å². The number of methoxy groups -OCH3 is 5. The molecular weight excluding hydrogens is 336 g/mol. The van der Waals surface area contributed by atoms with E-state index in [0.717, 1.165) is 0 Å². The van der Waals surface area contributed by atoms with Gasteiger partial charge in [-0.2, -0.15) is 0 Å². The summed E-state index contributed by atoms with van der Waals surface area (Å²) in [5, 5.41) is 0. The molecule has 26 heavy (non-hydrogen) atoms. The number of benzene rings is 2.